The molecule has 0 amide bonds. The normalized spacial score (nSPS) is 11.2. The van der Waals surface area contributed by atoms with Gasteiger partial charge in [-0.05, 0) is 36.8 Å². The molecule has 0 N–H and O–H groups in total. The minimum atomic E-state index is -3.87. The van der Waals surface area contributed by atoms with Crippen LogP contribution in [0.25, 0.3) is 10.9 Å². The van der Waals surface area contributed by atoms with Gasteiger partial charge in [-0.15, -0.1) is 0 Å². The zero-order chi connectivity index (χ0) is 17.2. The molecule has 0 bridgehead atoms. The average Bonchev–Trinajstić information content (AvgIpc) is 2.55. The molecule has 0 unspecified atom stereocenters. The molecule has 6 heteroatoms. The summed E-state index contributed by atoms with van der Waals surface area (Å²) in [5.74, 6) is -0.113. The molecule has 5 nitrogen and oxygen atoms in total. The van der Waals surface area contributed by atoms with Crippen LogP contribution in [-0.4, -0.2) is 13.4 Å². The molecule has 2 aromatic carbocycles. The van der Waals surface area contributed by atoms with Crippen molar-refractivity contribution in [2.24, 2.45) is 0 Å². The number of hydrogen-bond acceptors (Lipinski definition) is 5. The predicted molar refractivity (Wildman–Crippen MR) is 90.9 cm³/mol. The van der Waals surface area contributed by atoms with E-state index >= 15 is 0 Å². The first-order valence-corrected chi connectivity index (χ1v) is 8.82. The van der Waals surface area contributed by atoms with Crippen LogP contribution in [0.2, 0.25) is 0 Å². The fourth-order valence-electron chi connectivity index (χ4n) is 2.39. The standard InChI is InChI=1S/C18H14N2O3S/c1-13-8-9-16-6-3-7-17(18(16)20-13)23-24(21,22)12-15-5-2-4-14(10-15)11-19/h2-10H,12H2,1H3. The van der Waals surface area contributed by atoms with Crippen LogP contribution in [0.3, 0.4) is 0 Å². The fraction of sp³-hybridized carbons (Fsp3) is 0.111. The first-order chi connectivity index (χ1) is 11.5. The molecular weight excluding hydrogens is 324 g/mol. The first kappa shape index (κ1) is 16.0. The summed E-state index contributed by atoms with van der Waals surface area (Å²) in [7, 11) is -3.87. The number of benzene rings is 2. The summed E-state index contributed by atoms with van der Waals surface area (Å²) >= 11 is 0. The average molecular weight is 338 g/mol. The van der Waals surface area contributed by atoms with Gasteiger partial charge in [-0.1, -0.05) is 30.3 Å². The Morgan fingerprint density at radius 1 is 1.12 bits per heavy atom. The highest BCUT2D eigenvalue weighted by Crippen LogP contribution is 2.26. The van der Waals surface area contributed by atoms with E-state index in [0.29, 0.717) is 16.6 Å². The summed E-state index contributed by atoms with van der Waals surface area (Å²) in [6.45, 7) is 1.83. The van der Waals surface area contributed by atoms with E-state index in [1.807, 2.05) is 31.2 Å². The van der Waals surface area contributed by atoms with E-state index in [1.54, 1.807) is 30.3 Å². The first-order valence-electron chi connectivity index (χ1n) is 7.24. The molecule has 1 aromatic heterocycles. The number of aromatic nitrogens is 1. The monoisotopic (exact) mass is 338 g/mol. The maximum atomic E-state index is 12.4. The van der Waals surface area contributed by atoms with Crippen molar-refractivity contribution in [3.05, 3.63) is 71.4 Å². The van der Waals surface area contributed by atoms with Crippen LogP contribution in [0, 0.1) is 18.3 Å². The number of pyridine rings is 1. The molecule has 0 atom stereocenters. The molecule has 0 radical (unpaired) electrons. The molecule has 1 heterocycles. The molecule has 0 aliphatic rings. The third-order valence-corrected chi connectivity index (χ3v) is 4.56. The van der Waals surface area contributed by atoms with Gasteiger partial charge in [0.1, 0.15) is 11.3 Å². The van der Waals surface area contributed by atoms with Gasteiger partial charge in [0, 0.05) is 11.1 Å². The molecule has 0 spiro atoms. The van der Waals surface area contributed by atoms with Gasteiger partial charge < -0.3 is 4.18 Å². The van der Waals surface area contributed by atoms with Crippen molar-refractivity contribution in [1.82, 2.24) is 4.98 Å². The number of rotatable bonds is 4. The number of fused-ring (bicyclic) bond motifs is 1. The number of para-hydroxylation sites is 1. The van der Waals surface area contributed by atoms with Crippen LogP contribution >= 0.6 is 0 Å². The zero-order valence-electron chi connectivity index (χ0n) is 12.9. The van der Waals surface area contributed by atoms with Gasteiger partial charge in [-0.3, -0.25) is 0 Å². The van der Waals surface area contributed by atoms with Crippen molar-refractivity contribution < 1.29 is 12.6 Å². The SMILES string of the molecule is Cc1ccc2cccc(OS(=O)(=O)Cc3cccc(C#N)c3)c2n1. The lowest BCUT2D eigenvalue weighted by atomic mass is 10.2. The van der Waals surface area contributed by atoms with Crippen molar-refractivity contribution in [1.29, 1.82) is 5.26 Å². The Balaban J connectivity index is 1.92. The summed E-state index contributed by atoms with van der Waals surface area (Å²) in [4.78, 5) is 4.36. The second-order valence-electron chi connectivity index (χ2n) is 5.38. The van der Waals surface area contributed by atoms with Crippen molar-refractivity contribution in [3.63, 3.8) is 0 Å². The highest BCUT2D eigenvalue weighted by Gasteiger charge is 2.17. The lowest BCUT2D eigenvalue weighted by Gasteiger charge is -2.09. The largest absolute Gasteiger partial charge is 0.380 e. The number of aryl methyl sites for hydroxylation is 1. The Kier molecular flexibility index (Phi) is 4.19. The van der Waals surface area contributed by atoms with Crippen LogP contribution in [0.4, 0.5) is 0 Å². The van der Waals surface area contributed by atoms with E-state index < -0.39 is 10.1 Å². The third-order valence-electron chi connectivity index (χ3n) is 3.44. The second kappa shape index (κ2) is 6.30. The van der Waals surface area contributed by atoms with E-state index in [1.165, 1.54) is 6.07 Å². The number of hydrogen-bond donors (Lipinski definition) is 0. The molecule has 0 fully saturated rings. The maximum Gasteiger partial charge on any atom is 0.313 e. The van der Waals surface area contributed by atoms with Gasteiger partial charge in [0.25, 0.3) is 0 Å². The summed E-state index contributed by atoms with van der Waals surface area (Å²) in [6, 6.07) is 17.3. The van der Waals surface area contributed by atoms with E-state index in [2.05, 4.69) is 4.98 Å². The van der Waals surface area contributed by atoms with Crippen molar-refractivity contribution in [2.45, 2.75) is 12.7 Å². The van der Waals surface area contributed by atoms with Gasteiger partial charge in [0.15, 0.2) is 5.75 Å². The Morgan fingerprint density at radius 2 is 1.92 bits per heavy atom. The topological polar surface area (TPSA) is 80.0 Å². The van der Waals surface area contributed by atoms with Crippen LogP contribution in [-0.2, 0) is 15.9 Å². The van der Waals surface area contributed by atoms with Crippen LogP contribution in [0.1, 0.15) is 16.8 Å². The quantitative estimate of drug-likeness (QED) is 0.682. The van der Waals surface area contributed by atoms with Crippen LogP contribution < -0.4 is 4.18 Å². The third kappa shape index (κ3) is 3.53. The van der Waals surface area contributed by atoms with E-state index in [0.717, 1.165) is 11.1 Å². The predicted octanol–water partition coefficient (Wildman–Crippen LogP) is 3.32. The lowest BCUT2D eigenvalue weighted by molar-refractivity contribution is 0.487. The van der Waals surface area contributed by atoms with Gasteiger partial charge >= 0.3 is 10.1 Å². The summed E-state index contributed by atoms with van der Waals surface area (Å²) in [6.07, 6.45) is 0. The number of nitrogens with zero attached hydrogens (tertiary/aromatic N) is 2. The van der Waals surface area contributed by atoms with Crippen LogP contribution in [0.15, 0.2) is 54.6 Å². The van der Waals surface area contributed by atoms with Crippen molar-refractivity contribution >= 4 is 21.0 Å². The van der Waals surface area contributed by atoms with Gasteiger partial charge in [0.05, 0.1) is 11.6 Å². The van der Waals surface area contributed by atoms with E-state index in [-0.39, 0.29) is 11.5 Å². The molecule has 3 aromatic rings. The zero-order valence-corrected chi connectivity index (χ0v) is 13.7. The van der Waals surface area contributed by atoms with Gasteiger partial charge in [0.2, 0.25) is 0 Å². The van der Waals surface area contributed by atoms with Crippen molar-refractivity contribution in [3.8, 4) is 11.8 Å². The molecular formula is C18H14N2O3S. The highest BCUT2D eigenvalue weighted by atomic mass is 32.2. The molecule has 0 saturated heterocycles. The second-order valence-corrected chi connectivity index (χ2v) is 6.95. The van der Waals surface area contributed by atoms with E-state index in [4.69, 9.17) is 9.44 Å². The minimum Gasteiger partial charge on any atom is -0.380 e. The Morgan fingerprint density at radius 3 is 2.71 bits per heavy atom. The molecule has 0 saturated carbocycles. The Labute approximate surface area is 140 Å². The summed E-state index contributed by atoms with van der Waals surface area (Å²) in [5, 5.41) is 9.71. The molecule has 120 valence electrons. The smallest absolute Gasteiger partial charge is 0.313 e. The van der Waals surface area contributed by atoms with Crippen LogP contribution in [0.5, 0.6) is 5.75 Å². The summed E-state index contributed by atoms with van der Waals surface area (Å²) in [5.41, 5.74) is 2.19. The molecule has 3 rings (SSSR count). The number of nitriles is 1. The molecule has 0 aliphatic carbocycles. The fourth-order valence-corrected chi connectivity index (χ4v) is 3.44. The van der Waals surface area contributed by atoms with E-state index in [9.17, 15) is 8.42 Å². The molecule has 0 aliphatic heterocycles. The van der Waals surface area contributed by atoms with Gasteiger partial charge in [-0.2, -0.15) is 13.7 Å². The van der Waals surface area contributed by atoms with Gasteiger partial charge in [-0.25, -0.2) is 4.98 Å². The Bertz CT molecular complexity index is 1050. The summed E-state index contributed by atoms with van der Waals surface area (Å²) < 4.78 is 30.0. The molecule has 24 heavy (non-hydrogen) atoms. The minimum absolute atomic E-state index is 0.202. The Hall–Kier alpha value is -2.91. The highest BCUT2D eigenvalue weighted by molar-refractivity contribution is 7.86. The lowest BCUT2D eigenvalue weighted by Crippen LogP contribution is -2.12. The van der Waals surface area contributed by atoms with Crippen molar-refractivity contribution in [2.75, 3.05) is 0 Å². The maximum absolute atomic E-state index is 12.4.